The van der Waals surface area contributed by atoms with Gasteiger partial charge in [-0.3, -0.25) is 4.90 Å². The minimum atomic E-state index is -0.0152. The molecule has 1 fully saturated rings. The summed E-state index contributed by atoms with van der Waals surface area (Å²) in [5.41, 5.74) is 8.15. The van der Waals surface area contributed by atoms with Gasteiger partial charge in [-0.25, -0.2) is 0 Å². The maximum atomic E-state index is 6.34. The van der Waals surface area contributed by atoms with Crippen molar-refractivity contribution in [2.75, 3.05) is 31.1 Å². The van der Waals surface area contributed by atoms with Crippen molar-refractivity contribution < 1.29 is 0 Å². The summed E-state index contributed by atoms with van der Waals surface area (Å²) in [6, 6.07) is 6.92. The van der Waals surface area contributed by atoms with Crippen LogP contribution in [0.2, 0.25) is 5.02 Å². The van der Waals surface area contributed by atoms with E-state index in [2.05, 4.69) is 41.8 Å². The smallest absolute Gasteiger partial charge is 0.0474 e. The fraction of sp³-hybridized carbons (Fsp3) is 0.625. The molecule has 1 aliphatic heterocycles. The zero-order valence-electron chi connectivity index (χ0n) is 12.8. The molecule has 0 radical (unpaired) electrons. The molecule has 1 saturated heterocycles. The lowest BCUT2D eigenvalue weighted by Crippen LogP contribution is -2.37. The van der Waals surface area contributed by atoms with E-state index in [4.69, 9.17) is 17.3 Å². The van der Waals surface area contributed by atoms with Gasteiger partial charge in [0.05, 0.1) is 0 Å². The van der Waals surface area contributed by atoms with Crippen LogP contribution in [0.4, 0.5) is 5.69 Å². The number of benzene rings is 1. The van der Waals surface area contributed by atoms with E-state index in [9.17, 15) is 0 Å². The average Bonchev–Trinajstić information content (AvgIpc) is 2.89. The number of rotatable bonds is 5. The highest BCUT2D eigenvalue weighted by atomic mass is 35.5. The molecule has 2 N–H and O–H groups in total. The molecule has 112 valence electrons. The summed E-state index contributed by atoms with van der Waals surface area (Å²) in [4.78, 5) is 4.97. The third-order valence-corrected chi connectivity index (χ3v) is 4.66. The van der Waals surface area contributed by atoms with E-state index in [1.165, 1.54) is 12.1 Å². The highest BCUT2D eigenvalue weighted by Crippen LogP contribution is 2.29. The zero-order valence-corrected chi connectivity index (χ0v) is 13.5. The van der Waals surface area contributed by atoms with Gasteiger partial charge in [0.1, 0.15) is 0 Å². The van der Waals surface area contributed by atoms with Crippen molar-refractivity contribution in [3.05, 3.63) is 28.8 Å². The summed E-state index contributed by atoms with van der Waals surface area (Å²) in [5, 5.41) is 0.781. The number of anilines is 1. The van der Waals surface area contributed by atoms with Crippen LogP contribution in [0.3, 0.4) is 0 Å². The van der Waals surface area contributed by atoms with Gasteiger partial charge in [-0.2, -0.15) is 0 Å². The molecule has 0 spiro atoms. The van der Waals surface area contributed by atoms with Crippen LogP contribution in [0.1, 0.15) is 38.8 Å². The fourth-order valence-corrected chi connectivity index (χ4v) is 3.44. The molecule has 20 heavy (non-hydrogen) atoms. The Morgan fingerprint density at radius 2 is 2.10 bits per heavy atom. The molecular formula is C16H26ClN3. The number of hydrogen-bond acceptors (Lipinski definition) is 3. The van der Waals surface area contributed by atoms with Crippen LogP contribution in [-0.2, 0) is 0 Å². The second kappa shape index (κ2) is 6.79. The summed E-state index contributed by atoms with van der Waals surface area (Å²) >= 11 is 6.34. The standard InChI is InChI=1S/C16H26ClN3/c1-4-19(5-2)14-8-9-20(11-14)13-6-7-15(12(3)18)16(17)10-13/h6-7,10,12,14H,4-5,8-9,11,18H2,1-3H3. The maximum absolute atomic E-state index is 6.34. The van der Waals surface area contributed by atoms with Gasteiger partial charge in [0.2, 0.25) is 0 Å². The molecule has 0 aliphatic carbocycles. The van der Waals surface area contributed by atoms with E-state index in [-0.39, 0.29) is 6.04 Å². The van der Waals surface area contributed by atoms with Gasteiger partial charge in [0.15, 0.2) is 0 Å². The Kier molecular flexibility index (Phi) is 5.30. The number of likely N-dealkylation sites (N-methyl/N-ethyl adjacent to an activating group) is 1. The molecule has 1 aromatic carbocycles. The summed E-state index contributed by atoms with van der Waals surface area (Å²) in [6.07, 6.45) is 1.23. The van der Waals surface area contributed by atoms with Crippen LogP contribution >= 0.6 is 11.6 Å². The number of hydrogen-bond donors (Lipinski definition) is 1. The van der Waals surface area contributed by atoms with E-state index >= 15 is 0 Å². The SMILES string of the molecule is CCN(CC)C1CCN(c2ccc(C(C)N)c(Cl)c2)C1. The highest BCUT2D eigenvalue weighted by Gasteiger charge is 2.26. The highest BCUT2D eigenvalue weighted by molar-refractivity contribution is 6.31. The molecule has 1 aliphatic rings. The molecule has 3 nitrogen and oxygen atoms in total. The lowest BCUT2D eigenvalue weighted by molar-refractivity contribution is 0.232. The van der Waals surface area contributed by atoms with Crippen molar-refractivity contribution in [3.63, 3.8) is 0 Å². The van der Waals surface area contributed by atoms with Crippen molar-refractivity contribution in [1.29, 1.82) is 0 Å². The molecule has 1 aromatic rings. The minimum absolute atomic E-state index is 0.0152. The Hall–Kier alpha value is -0.770. The molecule has 0 bridgehead atoms. The predicted octanol–water partition coefficient (Wildman–Crippen LogP) is 3.28. The quantitative estimate of drug-likeness (QED) is 0.905. The van der Waals surface area contributed by atoms with Crippen molar-refractivity contribution in [2.24, 2.45) is 5.73 Å². The van der Waals surface area contributed by atoms with Gasteiger partial charge in [-0.1, -0.05) is 31.5 Å². The third-order valence-electron chi connectivity index (χ3n) is 4.33. The largest absolute Gasteiger partial charge is 0.370 e. The molecule has 0 aromatic heterocycles. The summed E-state index contributed by atoms with van der Waals surface area (Å²) < 4.78 is 0. The van der Waals surface area contributed by atoms with Crippen LogP contribution < -0.4 is 10.6 Å². The van der Waals surface area contributed by atoms with E-state index in [0.717, 1.165) is 36.8 Å². The second-order valence-electron chi connectivity index (χ2n) is 5.60. The average molecular weight is 296 g/mol. The van der Waals surface area contributed by atoms with Gasteiger partial charge in [-0.15, -0.1) is 0 Å². The lowest BCUT2D eigenvalue weighted by Gasteiger charge is -2.27. The Balaban J connectivity index is 2.08. The van der Waals surface area contributed by atoms with Gasteiger partial charge >= 0.3 is 0 Å². The van der Waals surface area contributed by atoms with Gasteiger partial charge in [0, 0.05) is 35.9 Å². The molecular weight excluding hydrogens is 270 g/mol. The molecule has 2 rings (SSSR count). The van der Waals surface area contributed by atoms with Gasteiger partial charge in [0.25, 0.3) is 0 Å². The van der Waals surface area contributed by atoms with E-state index in [1.54, 1.807) is 0 Å². The van der Waals surface area contributed by atoms with Crippen LogP contribution in [0.15, 0.2) is 18.2 Å². The Labute approximate surface area is 127 Å². The maximum Gasteiger partial charge on any atom is 0.0474 e. The molecule has 1 heterocycles. The van der Waals surface area contributed by atoms with E-state index < -0.39 is 0 Å². The number of nitrogens with zero attached hydrogens (tertiary/aromatic N) is 2. The molecule has 0 amide bonds. The summed E-state index contributed by atoms with van der Waals surface area (Å²) in [5.74, 6) is 0. The second-order valence-corrected chi connectivity index (χ2v) is 6.01. The number of halogens is 1. The van der Waals surface area contributed by atoms with Crippen molar-refractivity contribution >= 4 is 17.3 Å². The van der Waals surface area contributed by atoms with Crippen LogP contribution in [0, 0.1) is 0 Å². The number of nitrogens with two attached hydrogens (primary N) is 1. The van der Waals surface area contributed by atoms with Crippen molar-refractivity contribution in [1.82, 2.24) is 4.90 Å². The molecule has 0 saturated carbocycles. The van der Waals surface area contributed by atoms with E-state index in [1.807, 2.05) is 6.92 Å². The summed E-state index contributed by atoms with van der Waals surface area (Å²) in [6.45, 7) is 10.9. The monoisotopic (exact) mass is 295 g/mol. The molecule has 2 unspecified atom stereocenters. The first-order valence-electron chi connectivity index (χ1n) is 7.60. The predicted molar refractivity (Wildman–Crippen MR) is 87.6 cm³/mol. The first-order chi connectivity index (χ1) is 9.56. The first kappa shape index (κ1) is 15.6. The first-order valence-corrected chi connectivity index (χ1v) is 7.98. The molecule has 4 heteroatoms. The lowest BCUT2D eigenvalue weighted by atomic mass is 10.1. The van der Waals surface area contributed by atoms with Gasteiger partial charge in [-0.05, 0) is 44.1 Å². The van der Waals surface area contributed by atoms with Gasteiger partial charge < -0.3 is 10.6 Å². The van der Waals surface area contributed by atoms with Crippen LogP contribution in [0.25, 0.3) is 0 Å². The summed E-state index contributed by atoms with van der Waals surface area (Å²) in [7, 11) is 0. The van der Waals surface area contributed by atoms with Crippen molar-refractivity contribution in [3.8, 4) is 0 Å². The van der Waals surface area contributed by atoms with Crippen LogP contribution in [-0.4, -0.2) is 37.1 Å². The zero-order chi connectivity index (χ0) is 14.7. The third kappa shape index (κ3) is 3.27. The fourth-order valence-electron chi connectivity index (χ4n) is 3.10. The van der Waals surface area contributed by atoms with Crippen molar-refractivity contribution in [2.45, 2.75) is 39.3 Å². The Morgan fingerprint density at radius 1 is 1.40 bits per heavy atom. The Morgan fingerprint density at radius 3 is 2.65 bits per heavy atom. The minimum Gasteiger partial charge on any atom is -0.370 e. The molecule has 2 atom stereocenters. The topological polar surface area (TPSA) is 32.5 Å². The normalized spacial score (nSPS) is 20.7. The van der Waals surface area contributed by atoms with E-state index in [0.29, 0.717) is 6.04 Å². The Bertz CT molecular complexity index is 443. The van der Waals surface area contributed by atoms with Crippen LogP contribution in [0.5, 0.6) is 0 Å².